The standard InChI is InChI=1S/C22H30N4O3/c1-26(2)21(27)17-24-22(23-16-18-9-5-4-6-10-18)25-19-11-7-12-20(15-19)29-14-8-13-28-3/h4-7,9-12,15H,8,13-14,16-17H2,1-3H3,(H2,23,24,25). The summed E-state index contributed by atoms with van der Waals surface area (Å²) in [5.41, 5.74) is 1.91. The number of carbonyl (C=O) groups is 1. The molecule has 1 amide bonds. The van der Waals surface area contributed by atoms with Gasteiger partial charge in [-0.1, -0.05) is 36.4 Å². The highest BCUT2D eigenvalue weighted by atomic mass is 16.5. The number of guanidine groups is 1. The summed E-state index contributed by atoms with van der Waals surface area (Å²) >= 11 is 0. The summed E-state index contributed by atoms with van der Waals surface area (Å²) in [5.74, 6) is 1.26. The third-order valence-corrected chi connectivity index (χ3v) is 4.03. The summed E-state index contributed by atoms with van der Waals surface area (Å²) < 4.78 is 10.8. The molecule has 0 heterocycles. The fourth-order valence-corrected chi connectivity index (χ4v) is 2.40. The van der Waals surface area contributed by atoms with Gasteiger partial charge in [0.25, 0.3) is 0 Å². The van der Waals surface area contributed by atoms with Crippen LogP contribution in [0.1, 0.15) is 12.0 Å². The fraction of sp³-hybridized carbons (Fsp3) is 0.364. The molecule has 0 unspecified atom stereocenters. The molecule has 2 rings (SSSR count). The Morgan fingerprint density at radius 1 is 1.07 bits per heavy atom. The summed E-state index contributed by atoms with van der Waals surface area (Å²) in [5, 5.41) is 6.34. The Bertz CT molecular complexity index is 779. The average molecular weight is 399 g/mol. The van der Waals surface area contributed by atoms with Crippen LogP contribution in [0.25, 0.3) is 0 Å². The van der Waals surface area contributed by atoms with Gasteiger partial charge in [0.15, 0.2) is 5.96 Å². The monoisotopic (exact) mass is 398 g/mol. The van der Waals surface area contributed by atoms with Crippen molar-refractivity contribution < 1.29 is 14.3 Å². The van der Waals surface area contributed by atoms with Crippen molar-refractivity contribution in [2.75, 3.05) is 46.3 Å². The lowest BCUT2D eigenvalue weighted by Gasteiger charge is -2.15. The van der Waals surface area contributed by atoms with E-state index in [0.717, 1.165) is 23.4 Å². The molecule has 2 N–H and O–H groups in total. The van der Waals surface area contributed by atoms with Gasteiger partial charge in [-0.25, -0.2) is 4.99 Å². The van der Waals surface area contributed by atoms with Gasteiger partial charge in [0.05, 0.1) is 19.7 Å². The zero-order valence-corrected chi connectivity index (χ0v) is 17.4. The van der Waals surface area contributed by atoms with Crippen molar-refractivity contribution in [3.05, 3.63) is 60.2 Å². The van der Waals surface area contributed by atoms with Gasteiger partial charge in [0, 0.05) is 46.0 Å². The minimum Gasteiger partial charge on any atom is -0.493 e. The Kier molecular flexibility index (Phi) is 9.51. The minimum absolute atomic E-state index is 0.0329. The molecule has 156 valence electrons. The Morgan fingerprint density at radius 2 is 1.86 bits per heavy atom. The molecule has 2 aromatic rings. The molecular formula is C22H30N4O3. The molecule has 0 aliphatic rings. The van der Waals surface area contributed by atoms with E-state index in [1.54, 1.807) is 21.2 Å². The number of aliphatic imine (C=N–C) groups is 1. The highest BCUT2D eigenvalue weighted by Crippen LogP contribution is 2.17. The first-order chi connectivity index (χ1) is 14.1. The van der Waals surface area contributed by atoms with Crippen LogP contribution in [0.3, 0.4) is 0 Å². The van der Waals surface area contributed by atoms with E-state index < -0.39 is 0 Å². The molecule has 0 saturated heterocycles. The van der Waals surface area contributed by atoms with Gasteiger partial charge in [-0.3, -0.25) is 4.79 Å². The predicted molar refractivity (Wildman–Crippen MR) is 116 cm³/mol. The van der Waals surface area contributed by atoms with E-state index in [2.05, 4.69) is 15.6 Å². The second-order valence-corrected chi connectivity index (χ2v) is 6.64. The van der Waals surface area contributed by atoms with Crippen LogP contribution in [-0.2, 0) is 16.1 Å². The van der Waals surface area contributed by atoms with Crippen molar-refractivity contribution in [3.8, 4) is 5.75 Å². The van der Waals surface area contributed by atoms with Crippen LogP contribution in [0.2, 0.25) is 0 Å². The number of nitrogens with zero attached hydrogens (tertiary/aromatic N) is 2. The van der Waals surface area contributed by atoms with Crippen LogP contribution in [0.4, 0.5) is 5.69 Å². The molecule has 7 heteroatoms. The predicted octanol–water partition coefficient (Wildman–Crippen LogP) is 2.75. The van der Waals surface area contributed by atoms with Crippen molar-refractivity contribution in [1.29, 1.82) is 0 Å². The molecule has 29 heavy (non-hydrogen) atoms. The number of amides is 1. The SMILES string of the molecule is COCCCOc1cccc(NC(=NCc2ccccc2)NCC(=O)N(C)C)c1. The summed E-state index contributed by atoms with van der Waals surface area (Å²) in [4.78, 5) is 18.1. The zero-order chi connectivity index (χ0) is 20.9. The van der Waals surface area contributed by atoms with Crippen LogP contribution in [0.5, 0.6) is 5.75 Å². The second-order valence-electron chi connectivity index (χ2n) is 6.64. The third kappa shape index (κ3) is 8.66. The quantitative estimate of drug-likeness (QED) is 0.366. The maximum absolute atomic E-state index is 11.9. The van der Waals surface area contributed by atoms with Gasteiger partial charge in [-0.05, 0) is 17.7 Å². The van der Waals surface area contributed by atoms with Crippen molar-refractivity contribution in [2.24, 2.45) is 4.99 Å². The van der Waals surface area contributed by atoms with Crippen LogP contribution >= 0.6 is 0 Å². The summed E-state index contributed by atoms with van der Waals surface area (Å²) in [6.07, 6.45) is 0.826. The number of hydrogen-bond acceptors (Lipinski definition) is 4. The van der Waals surface area contributed by atoms with Crippen LogP contribution < -0.4 is 15.4 Å². The number of methoxy groups -OCH3 is 1. The molecule has 0 saturated carbocycles. The van der Waals surface area contributed by atoms with Crippen molar-refractivity contribution in [3.63, 3.8) is 0 Å². The Labute approximate surface area is 172 Å². The zero-order valence-electron chi connectivity index (χ0n) is 17.4. The summed E-state index contributed by atoms with van der Waals surface area (Å²) in [6.45, 7) is 1.90. The Morgan fingerprint density at radius 3 is 2.59 bits per heavy atom. The Balaban J connectivity index is 2.04. The molecule has 0 fully saturated rings. The number of hydrogen-bond donors (Lipinski definition) is 2. The number of benzene rings is 2. The molecule has 0 aliphatic heterocycles. The normalized spacial score (nSPS) is 11.1. The molecule has 0 spiro atoms. The highest BCUT2D eigenvalue weighted by Gasteiger charge is 2.07. The lowest BCUT2D eigenvalue weighted by molar-refractivity contribution is -0.127. The van der Waals surface area contributed by atoms with Gasteiger partial charge in [-0.2, -0.15) is 0 Å². The molecule has 0 bridgehead atoms. The first-order valence-corrected chi connectivity index (χ1v) is 9.59. The van der Waals surface area contributed by atoms with E-state index in [1.165, 1.54) is 4.90 Å². The number of nitrogens with one attached hydrogen (secondary N) is 2. The van der Waals surface area contributed by atoms with Gasteiger partial charge >= 0.3 is 0 Å². The average Bonchev–Trinajstić information content (AvgIpc) is 2.74. The van der Waals surface area contributed by atoms with Crippen molar-refractivity contribution >= 4 is 17.6 Å². The first-order valence-electron chi connectivity index (χ1n) is 9.59. The number of rotatable bonds is 10. The maximum atomic E-state index is 11.9. The van der Waals surface area contributed by atoms with Crippen molar-refractivity contribution in [1.82, 2.24) is 10.2 Å². The van der Waals surface area contributed by atoms with Gasteiger partial charge < -0.3 is 25.0 Å². The largest absolute Gasteiger partial charge is 0.493 e. The number of carbonyl (C=O) groups excluding carboxylic acids is 1. The maximum Gasteiger partial charge on any atom is 0.241 e. The molecule has 7 nitrogen and oxygen atoms in total. The highest BCUT2D eigenvalue weighted by molar-refractivity contribution is 5.96. The smallest absolute Gasteiger partial charge is 0.241 e. The van der Waals surface area contributed by atoms with E-state index in [0.29, 0.717) is 25.7 Å². The van der Waals surface area contributed by atoms with Gasteiger partial charge in [-0.15, -0.1) is 0 Å². The number of anilines is 1. The van der Waals surface area contributed by atoms with Crippen LogP contribution in [0.15, 0.2) is 59.6 Å². The fourth-order valence-electron chi connectivity index (χ4n) is 2.40. The third-order valence-electron chi connectivity index (χ3n) is 4.03. The molecule has 0 aliphatic carbocycles. The number of ether oxygens (including phenoxy) is 2. The molecule has 0 radical (unpaired) electrons. The molecule has 0 aromatic heterocycles. The lowest BCUT2D eigenvalue weighted by atomic mass is 10.2. The lowest BCUT2D eigenvalue weighted by Crippen LogP contribution is -2.39. The van der Waals surface area contributed by atoms with Gasteiger partial charge in [0.2, 0.25) is 5.91 Å². The van der Waals surface area contributed by atoms with Crippen LogP contribution in [0, 0.1) is 0 Å². The van der Waals surface area contributed by atoms with E-state index in [4.69, 9.17) is 9.47 Å². The second kappa shape index (κ2) is 12.4. The topological polar surface area (TPSA) is 75.2 Å². The number of likely N-dealkylation sites (N-methyl/N-ethyl adjacent to an activating group) is 1. The van der Waals surface area contributed by atoms with E-state index in [9.17, 15) is 4.79 Å². The molecule has 2 aromatic carbocycles. The van der Waals surface area contributed by atoms with Gasteiger partial charge in [0.1, 0.15) is 5.75 Å². The molecular weight excluding hydrogens is 368 g/mol. The first kappa shape index (κ1) is 22.2. The van der Waals surface area contributed by atoms with E-state index in [1.807, 2.05) is 54.6 Å². The van der Waals surface area contributed by atoms with Crippen LogP contribution in [-0.4, -0.2) is 57.7 Å². The van der Waals surface area contributed by atoms with Crippen molar-refractivity contribution in [2.45, 2.75) is 13.0 Å². The minimum atomic E-state index is -0.0329. The Hall–Kier alpha value is -3.06. The van der Waals surface area contributed by atoms with E-state index >= 15 is 0 Å². The molecule has 0 atom stereocenters. The summed E-state index contributed by atoms with van der Waals surface area (Å²) in [6, 6.07) is 17.6. The summed E-state index contributed by atoms with van der Waals surface area (Å²) in [7, 11) is 5.13. The van der Waals surface area contributed by atoms with E-state index in [-0.39, 0.29) is 12.5 Å².